The molecule has 0 saturated heterocycles. The van der Waals surface area contributed by atoms with Crippen LogP contribution in [0.4, 0.5) is 0 Å². The third-order valence-electron chi connectivity index (χ3n) is 2.10. The van der Waals surface area contributed by atoms with E-state index in [1.165, 1.54) is 6.07 Å². The van der Waals surface area contributed by atoms with Crippen molar-refractivity contribution in [3.8, 4) is 6.07 Å². The van der Waals surface area contributed by atoms with Crippen LogP contribution in [0.3, 0.4) is 0 Å². The SMILES string of the molecule is N#Cc1cc2cc(Cl)ccc2n(O)c1=N. The molecule has 0 aliphatic heterocycles. The van der Waals surface area contributed by atoms with Crippen molar-refractivity contribution in [2.75, 3.05) is 0 Å². The van der Waals surface area contributed by atoms with E-state index in [-0.39, 0.29) is 11.1 Å². The number of fused-ring (bicyclic) bond motifs is 1. The summed E-state index contributed by atoms with van der Waals surface area (Å²) in [5.74, 6) is 0. The van der Waals surface area contributed by atoms with Gasteiger partial charge in [-0.2, -0.15) is 9.99 Å². The molecule has 5 heteroatoms. The molecule has 15 heavy (non-hydrogen) atoms. The largest absolute Gasteiger partial charge is 0.426 e. The summed E-state index contributed by atoms with van der Waals surface area (Å²) in [7, 11) is 0. The Bertz CT molecular complexity index is 639. The first-order valence-corrected chi connectivity index (χ1v) is 4.50. The molecule has 0 atom stereocenters. The predicted molar refractivity (Wildman–Crippen MR) is 54.7 cm³/mol. The Hall–Kier alpha value is -1.99. The quantitative estimate of drug-likeness (QED) is 0.664. The van der Waals surface area contributed by atoms with Gasteiger partial charge in [0.15, 0.2) is 5.49 Å². The molecule has 0 fully saturated rings. The number of hydrogen-bond donors (Lipinski definition) is 2. The van der Waals surface area contributed by atoms with Crippen LogP contribution in [0.1, 0.15) is 5.56 Å². The van der Waals surface area contributed by atoms with Crippen molar-refractivity contribution in [1.82, 2.24) is 4.73 Å². The lowest BCUT2D eigenvalue weighted by molar-refractivity contribution is 0.184. The van der Waals surface area contributed by atoms with Crippen molar-refractivity contribution in [3.05, 3.63) is 40.3 Å². The summed E-state index contributed by atoms with van der Waals surface area (Å²) in [6.45, 7) is 0. The Morgan fingerprint density at radius 3 is 2.80 bits per heavy atom. The molecule has 2 rings (SSSR count). The van der Waals surface area contributed by atoms with Crippen LogP contribution >= 0.6 is 11.6 Å². The predicted octanol–water partition coefficient (Wildman–Crippen LogP) is 1.88. The molecule has 1 heterocycles. The molecule has 0 radical (unpaired) electrons. The molecule has 0 aliphatic carbocycles. The average molecular weight is 220 g/mol. The highest BCUT2D eigenvalue weighted by atomic mass is 35.5. The molecule has 0 spiro atoms. The number of benzene rings is 1. The van der Waals surface area contributed by atoms with E-state index in [2.05, 4.69) is 0 Å². The van der Waals surface area contributed by atoms with Gasteiger partial charge in [0.1, 0.15) is 6.07 Å². The van der Waals surface area contributed by atoms with Gasteiger partial charge in [0.2, 0.25) is 0 Å². The highest BCUT2D eigenvalue weighted by Crippen LogP contribution is 2.18. The van der Waals surface area contributed by atoms with Crippen molar-refractivity contribution in [2.45, 2.75) is 0 Å². The Morgan fingerprint density at radius 2 is 2.13 bits per heavy atom. The first-order valence-electron chi connectivity index (χ1n) is 4.13. The Balaban J connectivity index is 2.99. The van der Waals surface area contributed by atoms with Crippen LogP contribution in [0.25, 0.3) is 10.9 Å². The van der Waals surface area contributed by atoms with E-state index in [0.717, 1.165) is 0 Å². The van der Waals surface area contributed by atoms with Gasteiger partial charge in [-0.05, 0) is 24.3 Å². The monoisotopic (exact) mass is 219 g/mol. The second-order valence-corrected chi connectivity index (χ2v) is 3.47. The Labute approximate surface area is 90.0 Å². The van der Waals surface area contributed by atoms with Gasteiger partial charge in [-0.25, -0.2) is 0 Å². The lowest BCUT2D eigenvalue weighted by atomic mass is 10.1. The third-order valence-corrected chi connectivity index (χ3v) is 2.34. The molecule has 0 aliphatic rings. The molecule has 2 N–H and O–H groups in total. The van der Waals surface area contributed by atoms with Crippen LogP contribution < -0.4 is 5.49 Å². The van der Waals surface area contributed by atoms with E-state index < -0.39 is 0 Å². The number of pyridine rings is 1. The first kappa shape index (κ1) is 9.56. The Morgan fingerprint density at radius 1 is 1.40 bits per heavy atom. The molecular formula is C10H6ClN3O. The maximum absolute atomic E-state index is 9.60. The highest BCUT2D eigenvalue weighted by Gasteiger charge is 2.05. The van der Waals surface area contributed by atoms with Crippen molar-refractivity contribution in [1.29, 1.82) is 10.7 Å². The van der Waals surface area contributed by atoms with Gasteiger partial charge in [-0.15, -0.1) is 0 Å². The molecular weight excluding hydrogens is 214 g/mol. The molecule has 0 amide bonds. The maximum Gasteiger partial charge on any atom is 0.179 e. The normalized spacial score (nSPS) is 10.1. The maximum atomic E-state index is 9.60. The zero-order valence-corrected chi connectivity index (χ0v) is 8.28. The Kier molecular flexibility index (Phi) is 2.10. The smallest absolute Gasteiger partial charge is 0.179 e. The summed E-state index contributed by atoms with van der Waals surface area (Å²) >= 11 is 5.79. The number of nitrogens with zero attached hydrogens (tertiary/aromatic N) is 2. The van der Waals surface area contributed by atoms with Crippen LogP contribution in [0.5, 0.6) is 0 Å². The van der Waals surface area contributed by atoms with Crippen LogP contribution in [-0.4, -0.2) is 9.94 Å². The van der Waals surface area contributed by atoms with Gasteiger partial charge in [0.05, 0.1) is 11.1 Å². The van der Waals surface area contributed by atoms with Gasteiger partial charge >= 0.3 is 0 Å². The lowest BCUT2D eigenvalue weighted by Crippen LogP contribution is -2.20. The molecule has 0 bridgehead atoms. The average Bonchev–Trinajstić information content (AvgIpc) is 2.23. The highest BCUT2D eigenvalue weighted by molar-refractivity contribution is 6.31. The summed E-state index contributed by atoms with van der Waals surface area (Å²) < 4.78 is 0.671. The molecule has 74 valence electrons. The minimum atomic E-state index is -0.229. The van der Waals surface area contributed by atoms with E-state index in [9.17, 15) is 5.21 Å². The molecule has 0 saturated carbocycles. The zero-order valence-electron chi connectivity index (χ0n) is 7.53. The van der Waals surface area contributed by atoms with Gasteiger partial charge in [-0.1, -0.05) is 11.6 Å². The van der Waals surface area contributed by atoms with Crippen molar-refractivity contribution in [3.63, 3.8) is 0 Å². The van der Waals surface area contributed by atoms with E-state index in [1.54, 1.807) is 18.2 Å². The lowest BCUT2D eigenvalue weighted by Gasteiger charge is -2.05. The van der Waals surface area contributed by atoms with Crippen LogP contribution in [0.2, 0.25) is 5.02 Å². The topological polar surface area (TPSA) is 72.8 Å². The summed E-state index contributed by atoms with van der Waals surface area (Å²) in [6, 6.07) is 8.20. The molecule has 1 aromatic carbocycles. The second kappa shape index (κ2) is 3.30. The standard InChI is InChI=1S/C10H6ClN3O/c11-8-1-2-9-6(4-8)3-7(5-12)10(13)14(9)15/h1-4,13,15H. The second-order valence-electron chi connectivity index (χ2n) is 3.03. The van der Waals surface area contributed by atoms with Crippen LogP contribution in [-0.2, 0) is 0 Å². The fourth-order valence-electron chi connectivity index (χ4n) is 1.38. The summed E-state index contributed by atoms with van der Waals surface area (Å²) in [4.78, 5) is 0. The van der Waals surface area contributed by atoms with Crippen LogP contribution in [0, 0.1) is 16.7 Å². The van der Waals surface area contributed by atoms with E-state index >= 15 is 0 Å². The van der Waals surface area contributed by atoms with Gasteiger partial charge in [0.25, 0.3) is 0 Å². The summed E-state index contributed by atoms with van der Waals surface area (Å²) in [6.07, 6.45) is 0. The summed E-state index contributed by atoms with van der Waals surface area (Å²) in [5.41, 5.74) is 0.322. The van der Waals surface area contributed by atoms with Crippen molar-refractivity contribution in [2.24, 2.45) is 0 Å². The fraction of sp³-hybridized carbons (Fsp3) is 0. The van der Waals surface area contributed by atoms with Crippen LogP contribution in [0.15, 0.2) is 24.3 Å². The van der Waals surface area contributed by atoms with Gasteiger partial charge < -0.3 is 5.21 Å². The zero-order chi connectivity index (χ0) is 11.0. The number of nitriles is 1. The van der Waals surface area contributed by atoms with E-state index in [0.29, 0.717) is 20.7 Å². The summed E-state index contributed by atoms with van der Waals surface area (Å²) in [5, 5.41) is 27.0. The van der Waals surface area contributed by atoms with E-state index in [4.69, 9.17) is 22.3 Å². The fourth-order valence-corrected chi connectivity index (χ4v) is 1.56. The first-order chi connectivity index (χ1) is 7.13. The molecule has 2 aromatic rings. The molecule has 4 nitrogen and oxygen atoms in total. The number of aromatic nitrogens is 1. The van der Waals surface area contributed by atoms with Gasteiger partial charge in [0, 0.05) is 10.4 Å². The minimum Gasteiger partial charge on any atom is -0.426 e. The number of rotatable bonds is 0. The van der Waals surface area contributed by atoms with Crippen molar-refractivity contribution >= 4 is 22.5 Å². The van der Waals surface area contributed by atoms with Gasteiger partial charge in [-0.3, -0.25) is 5.41 Å². The van der Waals surface area contributed by atoms with Crippen molar-refractivity contribution < 1.29 is 5.21 Å². The van der Waals surface area contributed by atoms with E-state index in [1.807, 2.05) is 6.07 Å². The number of nitrogens with one attached hydrogen (secondary N) is 1. The minimum absolute atomic E-state index is 0.104. The number of halogens is 1. The molecule has 0 unspecified atom stereocenters. The molecule has 1 aromatic heterocycles. The third kappa shape index (κ3) is 1.43. The number of hydrogen-bond acceptors (Lipinski definition) is 3.